The van der Waals surface area contributed by atoms with E-state index in [-0.39, 0.29) is 11.6 Å². The van der Waals surface area contributed by atoms with Gasteiger partial charge in [-0.3, -0.25) is 19.8 Å². The van der Waals surface area contributed by atoms with Gasteiger partial charge in [0.15, 0.2) is 0 Å². The summed E-state index contributed by atoms with van der Waals surface area (Å²) < 4.78 is 0. The van der Waals surface area contributed by atoms with E-state index < -0.39 is 17.8 Å². The molecule has 0 aromatic heterocycles. The Morgan fingerprint density at radius 1 is 1.04 bits per heavy atom. The number of nitrogens with one attached hydrogen (secondary N) is 1. The van der Waals surface area contributed by atoms with Gasteiger partial charge in [-0.15, -0.1) is 0 Å². The summed E-state index contributed by atoms with van der Waals surface area (Å²) in [5.41, 5.74) is 1.80. The van der Waals surface area contributed by atoms with Crippen molar-refractivity contribution >= 4 is 29.6 Å². The first-order valence-electron chi connectivity index (χ1n) is 8.65. The van der Waals surface area contributed by atoms with Gasteiger partial charge in [0.05, 0.1) is 0 Å². The molecule has 6 nitrogen and oxygen atoms in total. The summed E-state index contributed by atoms with van der Waals surface area (Å²) >= 11 is 0. The fourth-order valence-corrected chi connectivity index (χ4v) is 3.38. The van der Waals surface area contributed by atoms with Crippen LogP contribution in [0.3, 0.4) is 0 Å². The van der Waals surface area contributed by atoms with Crippen LogP contribution in [0.4, 0.5) is 10.5 Å². The number of hydrogen-bond donors (Lipinski definition) is 1. The maximum absolute atomic E-state index is 12.8. The van der Waals surface area contributed by atoms with Gasteiger partial charge in [-0.25, -0.2) is 4.79 Å². The zero-order chi connectivity index (χ0) is 18.0. The monoisotopic (exact) mass is 341 g/mol. The molecule has 0 bridgehead atoms. The Bertz CT molecular complexity index is 716. The molecule has 0 spiro atoms. The average molecular weight is 341 g/mol. The second-order valence-corrected chi connectivity index (χ2v) is 6.77. The summed E-state index contributed by atoms with van der Waals surface area (Å²) in [7, 11) is 3.89. The van der Waals surface area contributed by atoms with Crippen molar-refractivity contribution in [2.75, 3.05) is 19.0 Å². The second kappa shape index (κ2) is 7.09. The van der Waals surface area contributed by atoms with Crippen LogP contribution in [0.25, 0.3) is 6.08 Å². The Morgan fingerprint density at radius 2 is 1.68 bits per heavy atom. The van der Waals surface area contributed by atoms with Crippen molar-refractivity contribution in [2.45, 2.75) is 38.1 Å². The fourth-order valence-electron chi connectivity index (χ4n) is 3.38. The van der Waals surface area contributed by atoms with E-state index in [1.54, 1.807) is 6.08 Å². The van der Waals surface area contributed by atoms with Gasteiger partial charge in [-0.2, -0.15) is 0 Å². The number of benzene rings is 1. The fraction of sp³-hybridized carbons (Fsp3) is 0.421. The molecule has 1 aliphatic heterocycles. The number of carbonyl (C=O) groups is 3. The van der Waals surface area contributed by atoms with E-state index in [0.717, 1.165) is 43.4 Å². The molecule has 2 aliphatic rings. The number of nitrogens with zero attached hydrogens (tertiary/aromatic N) is 2. The van der Waals surface area contributed by atoms with Gasteiger partial charge in [-0.1, -0.05) is 31.4 Å². The van der Waals surface area contributed by atoms with E-state index in [9.17, 15) is 14.4 Å². The van der Waals surface area contributed by atoms with Crippen LogP contribution >= 0.6 is 0 Å². The number of amides is 4. The lowest BCUT2D eigenvalue weighted by Gasteiger charge is -2.35. The number of barbiturate groups is 1. The second-order valence-electron chi connectivity index (χ2n) is 6.77. The van der Waals surface area contributed by atoms with Crippen LogP contribution in [0.15, 0.2) is 29.8 Å². The minimum Gasteiger partial charge on any atom is -0.378 e. The molecule has 132 valence electrons. The predicted octanol–water partition coefficient (Wildman–Crippen LogP) is 2.55. The van der Waals surface area contributed by atoms with E-state index in [0.29, 0.717) is 0 Å². The molecule has 6 heteroatoms. The molecule has 1 aliphatic carbocycles. The highest BCUT2D eigenvalue weighted by atomic mass is 16.2. The molecule has 1 saturated carbocycles. The van der Waals surface area contributed by atoms with Gasteiger partial charge < -0.3 is 4.90 Å². The van der Waals surface area contributed by atoms with Crippen molar-refractivity contribution in [3.63, 3.8) is 0 Å². The lowest BCUT2D eigenvalue weighted by atomic mass is 9.93. The molecule has 3 rings (SSSR count). The Hall–Kier alpha value is -2.63. The lowest BCUT2D eigenvalue weighted by Crippen LogP contribution is -2.58. The van der Waals surface area contributed by atoms with Crippen LogP contribution in [0.5, 0.6) is 0 Å². The van der Waals surface area contributed by atoms with Crippen LogP contribution in [-0.2, 0) is 9.59 Å². The van der Waals surface area contributed by atoms with E-state index >= 15 is 0 Å². The van der Waals surface area contributed by atoms with Gasteiger partial charge in [0, 0.05) is 25.8 Å². The lowest BCUT2D eigenvalue weighted by molar-refractivity contribution is -0.132. The number of anilines is 1. The molecule has 1 saturated heterocycles. The maximum atomic E-state index is 12.8. The molecule has 4 amide bonds. The standard InChI is InChI=1S/C19H23N3O3/c1-21(2)14-10-8-13(9-11-14)12-16-17(23)20-19(25)22(18(16)24)15-6-4-3-5-7-15/h8-12,15H,3-7H2,1-2H3,(H,20,23,25). The molecule has 1 aromatic rings. The third-order valence-corrected chi connectivity index (χ3v) is 4.79. The normalized spacial score (nSPS) is 20.8. The van der Waals surface area contributed by atoms with Crippen LogP contribution in [0.1, 0.15) is 37.7 Å². The summed E-state index contributed by atoms with van der Waals surface area (Å²) in [5, 5.41) is 2.31. The molecule has 0 atom stereocenters. The summed E-state index contributed by atoms with van der Waals surface area (Å²) in [4.78, 5) is 40.3. The topological polar surface area (TPSA) is 69.7 Å². The Labute approximate surface area is 147 Å². The van der Waals surface area contributed by atoms with Gasteiger partial charge in [-0.05, 0) is 36.6 Å². The van der Waals surface area contributed by atoms with E-state index in [1.165, 1.54) is 4.90 Å². The minimum atomic E-state index is -0.626. The van der Waals surface area contributed by atoms with Crippen LogP contribution in [0.2, 0.25) is 0 Å². The molecule has 1 N–H and O–H groups in total. The summed E-state index contributed by atoms with van der Waals surface area (Å²) in [6.45, 7) is 0. The zero-order valence-electron chi connectivity index (χ0n) is 14.6. The Morgan fingerprint density at radius 3 is 2.28 bits per heavy atom. The SMILES string of the molecule is CN(C)c1ccc(C=C2C(=O)NC(=O)N(C3CCCCC3)C2=O)cc1. The first-order chi connectivity index (χ1) is 12.0. The van der Waals surface area contributed by atoms with Crippen molar-refractivity contribution < 1.29 is 14.4 Å². The molecule has 25 heavy (non-hydrogen) atoms. The van der Waals surface area contributed by atoms with Crippen molar-refractivity contribution in [2.24, 2.45) is 0 Å². The third kappa shape index (κ3) is 3.57. The van der Waals surface area contributed by atoms with Crippen molar-refractivity contribution in [1.82, 2.24) is 10.2 Å². The van der Waals surface area contributed by atoms with Crippen molar-refractivity contribution in [1.29, 1.82) is 0 Å². The van der Waals surface area contributed by atoms with E-state index in [2.05, 4.69) is 5.32 Å². The maximum Gasteiger partial charge on any atom is 0.331 e. The molecular weight excluding hydrogens is 318 g/mol. The van der Waals surface area contributed by atoms with Gasteiger partial charge in [0.1, 0.15) is 5.57 Å². The van der Waals surface area contributed by atoms with E-state index in [4.69, 9.17) is 0 Å². The highest BCUT2D eigenvalue weighted by molar-refractivity contribution is 6.31. The Balaban J connectivity index is 1.87. The first-order valence-corrected chi connectivity index (χ1v) is 8.65. The van der Waals surface area contributed by atoms with Crippen molar-refractivity contribution in [3.8, 4) is 0 Å². The molecular formula is C19H23N3O3. The van der Waals surface area contributed by atoms with E-state index in [1.807, 2.05) is 43.3 Å². The van der Waals surface area contributed by atoms with Crippen LogP contribution in [-0.4, -0.2) is 42.9 Å². The van der Waals surface area contributed by atoms with Gasteiger partial charge in [0.25, 0.3) is 11.8 Å². The first kappa shape index (κ1) is 17.2. The van der Waals surface area contributed by atoms with Crippen LogP contribution < -0.4 is 10.2 Å². The minimum absolute atomic E-state index is 0.0165. The quantitative estimate of drug-likeness (QED) is 0.677. The van der Waals surface area contributed by atoms with Gasteiger partial charge >= 0.3 is 6.03 Å². The molecule has 1 aromatic carbocycles. The number of hydrogen-bond acceptors (Lipinski definition) is 4. The number of imide groups is 2. The number of rotatable bonds is 3. The zero-order valence-corrected chi connectivity index (χ0v) is 14.6. The van der Waals surface area contributed by atoms with Crippen LogP contribution in [0, 0.1) is 0 Å². The molecule has 1 heterocycles. The predicted molar refractivity (Wildman–Crippen MR) is 96.0 cm³/mol. The van der Waals surface area contributed by atoms with Gasteiger partial charge in [0.2, 0.25) is 0 Å². The largest absolute Gasteiger partial charge is 0.378 e. The number of urea groups is 1. The summed E-state index contributed by atoms with van der Waals surface area (Å²) in [6.07, 6.45) is 6.29. The smallest absolute Gasteiger partial charge is 0.331 e. The molecule has 0 unspecified atom stereocenters. The third-order valence-electron chi connectivity index (χ3n) is 4.79. The molecule has 0 radical (unpaired) electrons. The summed E-state index contributed by atoms with van der Waals surface area (Å²) in [6, 6.07) is 6.83. The average Bonchev–Trinajstić information content (AvgIpc) is 2.60. The number of carbonyl (C=O) groups excluding carboxylic acids is 3. The Kier molecular flexibility index (Phi) is 4.88. The molecule has 2 fully saturated rings. The highest BCUT2D eigenvalue weighted by Gasteiger charge is 2.40. The van der Waals surface area contributed by atoms with Crippen molar-refractivity contribution in [3.05, 3.63) is 35.4 Å². The highest BCUT2D eigenvalue weighted by Crippen LogP contribution is 2.26. The summed E-state index contributed by atoms with van der Waals surface area (Å²) in [5.74, 6) is -1.11.